The molecule has 0 spiro atoms. The summed E-state index contributed by atoms with van der Waals surface area (Å²) in [5.74, 6) is -2.13. The Labute approximate surface area is 227 Å². The van der Waals surface area contributed by atoms with Crippen molar-refractivity contribution >= 4 is 33.5 Å². The summed E-state index contributed by atoms with van der Waals surface area (Å²) >= 11 is 0. The molecule has 0 aromatic heterocycles. The van der Waals surface area contributed by atoms with Crippen LogP contribution >= 0.6 is 0 Å². The summed E-state index contributed by atoms with van der Waals surface area (Å²) in [4.78, 5) is 53.3. The van der Waals surface area contributed by atoms with Crippen molar-refractivity contribution in [2.45, 2.75) is 57.2 Å². The maximum Gasteiger partial charge on any atom is 0.250 e. The van der Waals surface area contributed by atoms with Gasteiger partial charge in [0.2, 0.25) is 32.7 Å². The number of fused-ring (bicyclic) bond motifs is 1. The Morgan fingerprint density at radius 2 is 1.87 bits per heavy atom. The molecule has 0 unspecified atom stereocenters. The van der Waals surface area contributed by atoms with Crippen LogP contribution in [0.15, 0.2) is 41.6 Å². The molecule has 2 heterocycles. The number of likely N-dealkylation sites (tertiary alicyclic amines) is 1. The summed E-state index contributed by atoms with van der Waals surface area (Å²) in [6, 6.07) is 5.83. The van der Waals surface area contributed by atoms with Crippen LogP contribution in [0.2, 0.25) is 0 Å². The fourth-order valence-electron chi connectivity index (χ4n) is 6.07. The molecular weight excluding hydrogens is 527 g/mol. The number of rotatable bonds is 9. The summed E-state index contributed by atoms with van der Waals surface area (Å²) in [6.07, 6.45) is 4.54. The predicted molar refractivity (Wildman–Crippen MR) is 141 cm³/mol. The molecule has 2 aliphatic heterocycles. The molecule has 3 aliphatic rings. The van der Waals surface area contributed by atoms with Crippen LogP contribution < -0.4 is 16.0 Å². The number of amides is 4. The molecule has 4 amide bonds. The van der Waals surface area contributed by atoms with E-state index in [-0.39, 0.29) is 24.2 Å². The van der Waals surface area contributed by atoms with Gasteiger partial charge in [0.15, 0.2) is 0 Å². The number of hydrogen-bond acceptors (Lipinski definition) is 6. The Bertz CT molecular complexity index is 1250. The molecule has 2 saturated heterocycles. The van der Waals surface area contributed by atoms with Crippen molar-refractivity contribution in [2.24, 2.45) is 17.8 Å². The van der Waals surface area contributed by atoms with Gasteiger partial charge in [-0.2, -0.15) is 4.39 Å². The Balaban J connectivity index is 1.62. The normalized spacial score (nSPS) is 26.5. The minimum absolute atomic E-state index is 0.0216. The fourth-order valence-corrected chi connectivity index (χ4v) is 6.48. The second-order valence-electron chi connectivity index (χ2n) is 10.7. The molecule has 12 heteroatoms. The Kier molecular flexibility index (Phi) is 8.73. The molecule has 4 rings (SSSR count). The van der Waals surface area contributed by atoms with Crippen molar-refractivity contribution in [2.75, 3.05) is 19.3 Å². The first-order valence-electron chi connectivity index (χ1n) is 13.2. The maximum absolute atomic E-state index is 14.5. The van der Waals surface area contributed by atoms with Gasteiger partial charge in [-0.25, -0.2) is 8.42 Å². The summed E-state index contributed by atoms with van der Waals surface area (Å²) in [7, 11) is -4.15. The third kappa shape index (κ3) is 6.66. The van der Waals surface area contributed by atoms with Crippen LogP contribution in [0.25, 0.3) is 0 Å². The molecule has 1 aromatic carbocycles. The third-order valence-electron chi connectivity index (χ3n) is 7.88. The number of benzene rings is 1. The van der Waals surface area contributed by atoms with E-state index < -0.39 is 56.8 Å². The second kappa shape index (κ2) is 11.8. The largest absolute Gasteiger partial charge is 0.356 e. The third-order valence-corrected chi connectivity index (χ3v) is 8.73. The van der Waals surface area contributed by atoms with Crippen LogP contribution in [0, 0.1) is 17.8 Å². The van der Waals surface area contributed by atoms with Gasteiger partial charge < -0.3 is 20.9 Å². The van der Waals surface area contributed by atoms with Gasteiger partial charge in [0, 0.05) is 32.2 Å². The van der Waals surface area contributed by atoms with Crippen molar-refractivity contribution in [3.05, 3.63) is 47.1 Å². The number of hydrogen-bond donors (Lipinski definition) is 3. The average molecular weight is 563 g/mol. The summed E-state index contributed by atoms with van der Waals surface area (Å²) in [5, 5.41) is 6.75. The first-order chi connectivity index (χ1) is 18.5. The van der Waals surface area contributed by atoms with Gasteiger partial charge in [0.25, 0.3) is 5.91 Å². The monoisotopic (exact) mass is 562 g/mol. The van der Waals surface area contributed by atoms with Crippen molar-refractivity contribution < 1.29 is 32.0 Å². The Hall–Kier alpha value is -3.28. The van der Waals surface area contributed by atoms with Crippen molar-refractivity contribution in [1.82, 2.24) is 20.9 Å². The van der Waals surface area contributed by atoms with Gasteiger partial charge in [-0.3, -0.25) is 19.2 Å². The molecule has 3 fully saturated rings. The van der Waals surface area contributed by atoms with Gasteiger partial charge in [0.1, 0.15) is 12.1 Å². The molecule has 1 aromatic rings. The van der Waals surface area contributed by atoms with E-state index in [2.05, 4.69) is 16.0 Å². The zero-order valence-electron chi connectivity index (χ0n) is 22.1. The van der Waals surface area contributed by atoms with Crippen LogP contribution in [0.5, 0.6) is 0 Å². The molecule has 1 aliphatic carbocycles. The van der Waals surface area contributed by atoms with Crippen LogP contribution in [0.4, 0.5) is 4.39 Å². The van der Waals surface area contributed by atoms with E-state index in [4.69, 9.17) is 0 Å². The highest BCUT2D eigenvalue weighted by Crippen LogP contribution is 2.43. The van der Waals surface area contributed by atoms with E-state index in [1.165, 1.54) is 11.8 Å². The van der Waals surface area contributed by atoms with E-state index in [1.54, 1.807) is 30.3 Å². The lowest BCUT2D eigenvalue weighted by Gasteiger charge is -2.32. The smallest absolute Gasteiger partial charge is 0.250 e. The fraction of sp³-hybridized carbons (Fsp3) is 0.556. The zero-order valence-corrected chi connectivity index (χ0v) is 22.9. The van der Waals surface area contributed by atoms with Crippen molar-refractivity contribution in [1.29, 1.82) is 0 Å². The Morgan fingerprint density at radius 1 is 1.15 bits per heavy atom. The lowest BCUT2D eigenvalue weighted by Crippen LogP contribution is -2.53. The van der Waals surface area contributed by atoms with Crippen LogP contribution in [-0.2, 0) is 29.0 Å². The number of sulfone groups is 1. The molecular formula is C27H35FN4O6S. The number of carbonyl (C=O) groups excluding carboxylic acids is 4. The van der Waals surface area contributed by atoms with Crippen LogP contribution in [0.3, 0.4) is 0 Å². The quantitative estimate of drug-likeness (QED) is 0.415. The standard InChI is InChI=1S/C27H35FN4O6S/c1-16(33)30-23(17-7-4-3-5-8-17)27(36)32-15-19-9-6-10-21(19)24(32)26(35)31-20(14-22(28)39(2,37)38)13-18-11-12-29-25(18)34/h3-5,7-8,14,18-21,23-24H,6,9-13,15H2,1-2H3,(H,29,34)(H,30,33)(H,31,35)/b22-14+/t18-,19+,20+,21+,23-,24+/m1/s1. The van der Waals surface area contributed by atoms with E-state index in [9.17, 15) is 32.0 Å². The first-order valence-corrected chi connectivity index (χ1v) is 15.1. The van der Waals surface area contributed by atoms with Crippen molar-refractivity contribution in [3.63, 3.8) is 0 Å². The maximum atomic E-state index is 14.5. The van der Waals surface area contributed by atoms with E-state index in [1.807, 2.05) is 0 Å². The molecule has 0 bridgehead atoms. The molecule has 39 heavy (non-hydrogen) atoms. The first kappa shape index (κ1) is 28.7. The highest BCUT2D eigenvalue weighted by atomic mass is 32.2. The molecule has 0 radical (unpaired) electrons. The van der Waals surface area contributed by atoms with Crippen LogP contribution in [0.1, 0.15) is 50.6 Å². The number of carbonyl (C=O) groups is 4. The average Bonchev–Trinajstić information content (AvgIpc) is 3.58. The minimum atomic E-state index is -4.15. The summed E-state index contributed by atoms with van der Waals surface area (Å²) in [6.45, 7) is 2.10. The molecule has 6 atom stereocenters. The summed E-state index contributed by atoms with van der Waals surface area (Å²) in [5.41, 5.74) is 0.581. The van der Waals surface area contributed by atoms with Crippen molar-refractivity contribution in [3.8, 4) is 0 Å². The van der Waals surface area contributed by atoms with E-state index in [0.717, 1.165) is 31.6 Å². The lowest BCUT2D eigenvalue weighted by molar-refractivity contribution is -0.142. The number of nitrogens with zero attached hydrogens (tertiary/aromatic N) is 1. The van der Waals surface area contributed by atoms with Gasteiger partial charge in [-0.1, -0.05) is 36.8 Å². The predicted octanol–water partition coefficient (Wildman–Crippen LogP) is 1.36. The van der Waals surface area contributed by atoms with Gasteiger partial charge in [-0.05, 0) is 49.2 Å². The SMILES string of the molecule is CC(=O)N[C@@H](C(=O)N1C[C@@H]2CCC[C@@H]2[C@H]1C(=O)N[C@H](/C=C(\F)S(C)(=O)=O)C[C@H]1CCNC1=O)c1ccccc1. The highest BCUT2D eigenvalue weighted by Gasteiger charge is 2.51. The van der Waals surface area contributed by atoms with E-state index in [0.29, 0.717) is 25.1 Å². The van der Waals surface area contributed by atoms with Crippen LogP contribution in [-0.4, -0.2) is 68.4 Å². The number of nitrogens with one attached hydrogen (secondary N) is 3. The molecule has 10 nitrogen and oxygen atoms in total. The highest BCUT2D eigenvalue weighted by molar-refractivity contribution is 7.94. The second-order valence-corrected chi connectivity index (χ2v) is 12.6. The van der Waals surface area contributed by atoms with E-state index >= 15 is 0 Å². The van der Waals surface area contributed by atoms with Gasteiger partial charge in [0.05, 0.1) is 6.04 Å². The summed E-state index contributed by atoms with van der Waals surface area (Å²) < 4.78 is 38.1. The topological polar surface area (TPSA) is 142 Å². The van der Waals surface area contributed by atoms with Gasteiger partial charge >= 0.3 is 0 Å². The molecule has 1 saturated carbocycles. The zero-order chi connectivity index (χ0) is 28.3. The van der Waals surface area contributed by atoms with Gasteiger partial charge in [-0.15, -0.1) is 0 Å². The molecule has 3 N–H and O–H groups in total. The lowest BCUT2D eigenvalue weighted by atomic mass is 9.92. The Morgan fingerprint density at radius 3 is 2.49 bits per heavy atom. The number of halogens is 1. The minimum Gasteiger partial charge on any atom is -0.356 e. The molecule has 212 valence electrons.